The molecule has 1 saturated carbocycles. The average Bonchev–Trinajstić information content (AvgIpc) is 2.94. The van der Waals surface area contributed by atoms with Gasteiger partial charge in [0.25, 0.3) is 0 Å². The number of hydrogen-bond donors (Lipinski definition) is 0. The summed E-state index contributed by atoms with van der Waals surface area (Å²) in [4.78, 5) is 2.63. The molecule has 2 heteroatoms. The predicted molar refractivity (Wildman–Crippen MR) is 73.7 cm³/mol. The fourth-order valence-electron chi connectivity index (χ4n) is 3.36. The quantitative estimate of drug-likeness (QED) is 0.802. The minimum Gasteiger partial charge on any atom is -0.475 e. The first-order chi connectivity index (χ1) is 8.93. The van der Waals surface area contributed by atoms with Gasteiger partial charge in [-0.15, -0.1) is 0 Å². The lowest BCUT2D eigenvalue weighted by molar-refractivity contribution is -0.0306. The van der Waals surface area contributed by atoms with E-state index >= 15 is 0 Å². The van der Waals surface area contributed by atoms with Gasteiger partial charge in [-0.3, -0.25) is 4.90 Å². The second-order valence-electron chi connectivity index (χ2n) is 5.56. The van der Waals surface area contributed by atoms with Crippen molar-refractivity contribution >= 4 is 0 Å². The Morgan fingerprint density at radius 1 is 0.889 bits per heavy atom. The standard InChI is InChI=1S/C16H23NO/c1-2-10-15(11-3-1)18-16-12-6-7-13-17(16)14-8-4-5-9-14/h1-3,10-11,14,16H,4-9,12-13H2. The summed E-state index contributed by atoms with van der Waals surface area (Å²) in [6.07, 6.45) is 9.68. The molecule has 1 aliphatic heterocycles. The van der Waals surface area contributed by atoms with Crippen molar-refractivity contribution in [2.75, 3.05) is 6.54 Å². The molecular formula is C16H23NO. The van der Waals surface area contributed by atoms with Crippen LogP contribution in [0.1, 0.15) is 44.9 Å². The summed E-state index contributed by atoms with van der Waals surface area (Å²) in [7, 11) is 0. The molecular weight excluding hydrogens is 222 g/mol. The zero-order valence-corrected chi connectivity index (χ0v) is 11.1. The molecule has 0 N–H and O–H groups in total. The van der Waals surface area contributed by atoms with Gasteiger partial charge in [-0.05, 0) is 44.2 Å². The lowest BCUT2D eigenvalue weighted by Crippen LogP contribution is -2.48. The van der Waals surface area contributed by atoms with Crippen LogP contribution in [-0.4, -0.2) is 23.7 Å². The molecule has 1 aliphatic carbocycles. The molecule has 2 nitrogen and oxygen atoms in total. The fourth-order valence-corrected chi connectivity index (χ4v) is 3.36. The Kier molecular flexibility index (Phi) is 3.84. The van der Waals surface area contributed by atoms with Gasteiger partial charge in [-0.1, -0.05) is 31.0 Å². The van der Waals surface area contributed by atoms with Crippen LogP contribution < -0.4 is 4.74 Å². The maximum absolute atomic E-state index is 6.21. The Morgan fingerprint density at radius 3 is 2.39 bits per heavy atom. The Hall–Kier alpha value is -1.02. The normalized spacial score (nSPS) is 26.3. The molecule has 1 saturated heterocycles. The van der Waals surface area contributed by atoms with Crippen LogP contribution in [0.25, 0.3) is 0 Å². The van der Waals surface area contributed by atoms with Crippen LogP contribution in [0.15, 0.2) is 30.3 Å². The van der Waals surface area contributed by atoms with Gasteiger partial charge in [0.2, 0.25) is 0 Å². The number of nitrogens with zero attached hydrogens (tertiary/aromatic N) is 1. The third-order valence-electron chi connectivity index (χ3n) is 4.30. The van der Waals surface area contributed by atoms with Crippen LogP contribution in [-0.2, 0) is 0 Å². The summed E-state index contributed by atoms with van der Waals surface area (Å²) < 4.78 is 6.21. The van der Waals surface area contributed by atoms with Crippen LogP contribution in [0, 0.1) is 0 Å². The van der Waals surface area contributed by atoms with Crippen molar-refractivity contribution in [1.82, 2.24) is 4.90 Å². The summed E-state index contributed by atoms with van der Waals surface area (Å²) in [5.74, 6) is 1.02. The van der Waals surface area contributed by atoms with Crippen molar-refractivity contribution in [2.45, 2.75) is 57.2 Å². The van der Waals surface area contributed by atoms with Crippen molar-refractivity contribution in [1.29, 1.82) is 0 Å². The highest BCUT2D eigenvalue weighted by atomic mass is 16.5. The lowest BCUT2D eigenvalue weighted by atomic mass is 10.1. The molecule has 2 aliphatic rings. The van der Waals surface area contributed by atoms with Gasteiger partial charge in [-0.2, -0.15) is 0 Å². The molecule has 0 radical (unpaired) electrons. The van der Waals surface area contributed by atoms with E-state index < -0.39 is 0 Å². The molecule has 0 bridgehead atoms. The van der Waals surface area contributed by atoms with Crippen molar-refractivity contribution in [2.24, 2.45) is 0 Å². The number of ether oxygens (including phenoxy) is 1. The van der Waals surface area contributed by atoms with Crippen LogP contribution in [0.2, 0.25) is 0 Å². The van der Waals surface area contributed by atoms with Gasteiger partial charge in [-0.25, -0.2) is 0 Å². The predicted octanol–water partition coefficient (Wildman–Crippen LogP) is 3.82. The number of rotatable bonds is 3. The second-order valence-corrected chi connectivity index (χ2v) is 5.56. The molecule has 1 atom stereocenters. The van der Waals surface area contributed by atoms with Crippen LogP contribution in [0.4, 0.5) is 0 Å². The van der Waals surface area contributed by atoms with Crippen molar-refractivity contribution in [3.05, 3.63) is 30.3 Å². The van der Waals surface area contributed by atoms with E-state index in [-0.39, 0.29) is 0 Å². The topological polar surface area (TPSA) is 12.5 Å². The van der Waals surface area contributed by atoms with Gasteiger partial charge < -0.3 is 4.74 Å². The first-order valence-electron chi connectivity index (χ1n) is 7.41. The Bertz CT molecular complexity index is 359. The molecule has 98 valence electrons. The summed E-state index contributed by atoms with van der Waals surface area (Å²) >= 11 is 0. The molecule has 0 spiro atoms. The monoisotopic (exact) mass is 245 g/mol. The molecule has 3 rings (SSSR count). The maximum Gasteiger partial charge on any atom is 0.152 e. The summed E-state index contributed by atoms with van der Waals surface area (Å²) in [5, 5.41) is 0. The van der Waals surface area contributed by atoms with Crippen LogP contribution in [0.3, 0.4) is 0 Å². The Balaban J connectivity index is 1.67. The summed E-state index contributed by atoms with van der Waals surface area (Å²) in [6.45, 7) is 1.22. The molecule has 1 heterocycles. The van der Waals surface area contributed by atoms with E-state index in [0.29, 0.717) is 6.23 Å². The molecule has 2 fully saturated rings. The third kappa shape index (κ3) is 2.69. The molecule has 0 aromatic heterocycles. The number of likely N-dealkylation sites (tertiary alicyclic amines) is 1. The highest BCUT2D eigenvalue weighted by molar-refractivity contribution is 5.21. The lowest BCUT2D eigenvalue weighted by Gasteiger charge is -2.39. The van der Waals surface area contributed by atoms with E-state index in [0.717, 1.165) is 11.8 Å². The average molecular weight is 245 g/mol. The van der Waals surface area contributed by atoms with Crippen LogP contribution in [0.5, 0.6) is 5.75 Å². The minimum atomic E-state index is 0.309. The van der Waals surface area contributed by atoms with E-state index in [1.165, 1.54) is 51.5 Å². The SMILES string of the molecule is c1ccc(OC2CCCCN2C2CCCC2)cc1. The smallest absolute Gasteiger partial charge is 0.152 e. The van der Waals surface area contributed by atoms with Crippen LogP contribution >= 0.6 is 0 Å². The van der Waals surface area contributed by atoms with Gasteiger partial charge in [0, 0.05) is 12.6 Å². The number of benzene rings is 1. The van der Waals surface area contributed by atoms with E-state index in [1.807, 2.05) is 6.07 Å². The maximum atomic E-state index is 6.21. The van der Waals surface area contributed by atoms with Gasteiger partial charge in [0.1, 0.15) is 5.75 Å². The van der Waals surface area contributed by atoms with Gasteiger partial charge in [0.15, 0.2) is 6.23 Å². The third-order valence-corrected chi connectivity index (χ3v) is 4.30. The zero-order valence-electron chi connectivity index (χ0n) is 11.1. The van der Waals surface area contributed by atoms with E-state index in [9.17, 15) is 0 Å². The fraction of sp³-hybridized carbons (Fsp3) is 0.625. The van der Waals surface area contributed by atoms with Gasteiger partial charge >= 0.3 is 0 Å². The van der Waals surface area contributed by atoms with E-state index in [2.05, 4.69) is 29.2 Å². The first-order valence-corrected chi connectivity index (χ1v) is 7.41. The van der Waals surface area contributed by atoms with Crippen molar-refractivity contribution in [3.8, 4) is 5.75 Å². The molecule has 0 amide bonds. The van der Waals surface area contributed by atoms with E-state index in [4.69, 9.17) is 4.74 Å². The van der Waals surface area contributed by atoms with Crippen molar-refractivity contribution in [3.63, 3.8) is 0 Å². The minimum absolute atomic E-state index is 0.309. The summed E-state index contributed by atoms with van der Waals surface area (Å²) in [5.41, 5.74) is 0. The first kappa shape index (κ1) is 12.0. The zero-order chi connectivity index (χ0) is 12.2. The number of hydrogen-bond acceptors (Lipinski definition) is 2. The number of piperidine rings is 1. The van der Waals surface area contributed by atoms with E-state index in [1.54, 1.807) is 0 Å². The summed E-state index contributed by atoms with van der Waals surface area (Å²) in [6, 6.07) is 11.1. The Labute approximate surface area is 110 Å². The van der Waals surface area contributed by atoms with Gasteiger partial charge in [0.05, 0.1) is 0 Å². The van der Waals surface area contributed by atoms with Crippen molar-refractivity contribution < 1.29 is 4.74 Å². The molecule has 1 aromatic rings. The molecule has 18 heavy (non-hydrogen) atoms. The molecule has 1 unspecified atom stereocenters. The highest BCUT2D eigenvalue weighted by Crippen LogP contribution is 2.30. The molecule has 1 aromatic carbocycles. The second kappa shape index (κ2) is 5.75. The largest absolute Gasteiger partial charge is 0.475 e. The Morgan fingerprint density at radius 2 is 1.61 bits per heavy atom. The highest BCUT2D eigenvalue weighted by Gasteiger charge is 2.31. The number of para-hydroxylation sites is 1.